The van der Waals surface area contributed by atoms with Crippen LogP contribution in [-0.4, -0.2) is 28.8 Å². The highest BCUT2D eigenvalue weighted by Gasteiger charge is 2.30. The van der Waals surface area contributed by atoms with Gasteiger partial charge in [0.15, 0.2) is 0 Å². The van der Waals surface area contributed by atoms with Gasteiger partial charge in [-0.15, -0.1) is 0 Å². The molecule has 0 spiro atoms. The Kier molecular flexibility index (Phi) is 3.96. The number of benzene rings is 1. The molecule has 1 aromatic carbocycles. The van der Waals surface area contributed by atoms with E-state index in [1.165, 1.54) is 4.90 Å². The predicted molar refractivity (Wildman–Crippen MR) is 67.3 cm³/mol. The van der Waals surface area contributed by atoms with Crippen LogP contribution < -0.4 is 0 Å². The highest BCUT2D eigenvalue weighted by molar-refractivity contribution is 5.95. The van der Waals surface area contributed by atoms with Gasteiger partial charge in [0.25, 0.3) is 5.91 Å². The number of rotatable bonds is 2. The molecule has 1 atom stereocenters. The lowest BCUT2D eigenvalue weighted by atomic mass is 9.99. The molecule has 108 valence electrons. The normalized spacial score (nSPS) is 18.9. The molecule has 1 amide bonds. The molecule has 1 heterocycles. The van der Waals surface area contributed by atoms with Crippen molar-refractivity contribution in [1.82, 2.24) is 4.90 Å². The van der Waals surface area contributed by atoms with Crippen molar-refractivity contribution in [3.05, 3.63) is 39.4 Å². The van der Waals surface area contributed by atoms with Crippen LogP contribution in [0.15, 0.2) is 12.1 Å². The van der Waals surface area contributed by atoms with Crippen molar-refractivity contribution in [2.45, 2.75) is 19.8 Å². The number of amides is 1. The minimum Gasteiger partial charge on any atom is -0.338 e. The molecule has 0 N–H and O–H groups in total. The molecule has 0 aromatic heterocycles. The summed E-state index contributed by atoms with van der Waals surface area (Å²) in [5.74, 6) is -3.05. The maximum absolute atomic E-state index is 14.0. The van der Waals surface area contributed by atoms with Crippen molar-refractivity contribution in [3.8, 4) is 0 Å². The fraction of sp³-hybridized carbons (Fsp3) is 0.462. The van der Waals surface area contributed by atoms with E-state index in [0.717, 1.165) is 25.0 Å². The van der Waals surface area contributed by atoms with E-state index in [0.29, 0.717) is 13.1 Å². The lowest BCUT2D eigenvalue weighted by molar-refractivity contribution is -0.387. The Morgan fingerprint density at radius 3 is 2.75 bits per heavy atom. The molecule has 1 aliphatic heterocycles. The Labute approximate surface area is 114 Å². The first kappa shape index (κ1) is 14.4. The highest BCUT2D eigenvalue weighted by Crippen LogP contribution is 2.26. The topological polar surface area (TPSA) is 63.5 Å². The number of nitro groups is 1. The monoisotopic (exact) mass is 284 g/mol. The van der Waals surface area contributed by atoms with Crippen LogP contribution in [0.2, 0.25) is 0 Å². The zero-order chi connectivity index (χ0) is 14.9. The number of nitro benzene ring substituents is 1. The molecule has 0 bridgehead atoms. The molecule has 5 nitrogen and oxygen atoms in total. The molecule has 1 aromatic rings. The average Bonchev–Trinajstić information content (AvgIpc) is 2.38. The first-order valence-electron chi connectivity index (χ1n) is 6.33. The van der Waals surface area contributed by atoms with Crippen LogP contribution in [-0.2, 0) is 0 Å². The lowest BCUT2D eigenvalue weighted by Gasteiger charge is -2.31. The van der Waals surface area contributed by atoms with Crippen LogP contribution in [0.4, 0.5) is 14.5 Å². The zero-order valence-corrected chi connectivity index (χ0v) is 10.9. The van der Waals surface area contributed by atoms with Gasteiger partial charge in [0.05, 0.1) is 4.92 Å². The minimum absolute atomic E-state index is 0.248. The summed E-state index contributed by atoms with van der Waals surface area (Å²) in [6, 6.07) is 1.47. The smallest absolute Gasteiger partial charge is 0.305 e. The molecule has 0 saturated carbocycles. The summed E-state index contributed by atoms with van der Waals surface area (Å²) in [6.45, 7) is 2.75. The summed E-state index contributed by atoms with van der Waals surface area (Å²) in [6.07, 6.45) is 1.70. The van der Waals surface area contributed by atoms with Crippen molar-refractivity contribution in [2.24, 2.45) is 5.92 Å². The van der Waals surface area contributed by atoms with Crippen molar-refractivity contribution in [3.63, 3.8) is 0 Å². The van der Waals surface area contributed by atoms with Crippen molar-refractivity contribution in [1.29, 1.82) is 0 Å². The van der Waals surface area contributed by atoms with Crippen molar-refractivity contribution in [2.75, 3.05) is 13.1 Å². The first-order valence-corrected chi connectivity index (χ1v) is 6.33. The van der Waals surface area contributed by atoms with Gasteiger partial charge in [0, 0.05) is 19.2 Å². The predicted octanol–water partition coefficient (Wildman–Crippen LogP) is 2.75. The number of hydrogen-bond donors (Lipinski definition) is 0. The molecule has 0 radical (unpaired) electrons. The minimum atomic E-state index is -1.40. The van der Waals surface area contributed by atoms with E-state index < -0.39 is 33.7 Å². The SMILES string of the molecule is CC1CCCN(C(=O)c2c(F)ccc([N+](=O)[O-])c2F)C1. The molecular formula is C13H14F2N2O3. The summed E-state index contributed by atoms with van der Waals surface area (Å²) in [5, 5.41) is 10.7. The quantitative estimate of drug-likeness (QED) is 0.619. The highest BCUT2D eigenvalue weighted by atomic mass is 19.1. The van der Waals surface area contributed by atoms with E-state index in [1.807, 2.05) is 6.92 Å². The van der Waals surface area contributed by atoms with Crippen LogP contribution in [0.5, 0.6) is 0 Å². The third-order valence-electron chi connectivity index (χ3n) is 3.43. The molecule has 1 aliphatic rings. The van der Waals surface area contributed by atoms with Crippen molar-refractivity contribution >= 4 is 11.6 Å². The van der Waals surface area contributed by atoms with Crippen LogP contribution >= 0.6 is 0 Å². The number of carbonyl (C=O) groups excluding carboxylic acids is 1. The molecule has 1 saturated heterocycles. The molecular weight excluding hydrogens is 270 g/mol. The third kappa shape index (κ3) is 2.61. The van der Waals surface area contributed by atoms with E-state index in [2.05, 4.69) is 0 Å². The zero-order valence-electron chi connectivity index (χ0n) is 10.9. The van der Waals surface area contributed by atoms with Gasteiger partial charge < -0.3 is 4.90 Å². The van der Waals surface area contributed by atoms with Gasteiger partial charge in [-0.1, -0.05) is 6.92 Å². The second-order valence-corrected chi connectivity index (χ2v) is 5.01. The van der Waals surface area contributed by atoms with E-state index in [4.69, 9.17) is 0 Å². The van der Waals surface area contributed by atoms with E-state index in [9.17, 15) is 23.7 Å². The summed E-state index contributed by atoms with van der Waals surface area (Å²) in [4.78, 5) is 23.2. The molecule has 2 rings (SSSR count). The number of halogens is 2. The van der Waals surface area contributed by atoms with Crippen LogP contribution in [0, 0.1) is 27.7 Å². The Bertz CT molecular complexity index is 563. The fourth-order valence-corrected chi connectivity index (χ4v) is 2.41. The fourth-order valence-electron chi connectivity index (χ4n) is 2.41. The van der Waals surface area contributed by atoms with E-state index in [1.54, 1.807) is 0 Å². The van der Waals surface area contributed by atoms with Crippen molar-refractivity contribution < 1.29 is 18.5 Å². The summed E-state index contributed by atoms with van der Waals surface area (Å²) < 4.78 is 27.6. The van der Waals surface area contributed by atoms with Gasteiger partial charge >= 0.3 is 5.69 Å². The standard InChI is InChI=1S/C13H14F2N2O3/c1-8-3-2-6-16(7-8)13(18)11-9(14)4-5-10(12(11)15)17(19)20/h4-5,8H,2-3,6-7H2,1H3. The Balaban J connectivity index is 2.38. The summed E-state index contributed by atoms with van der Waals surface area (Å²) in [5.41, 5.74) is -1.73. The maximum atomic E-state index is 14.0. The number of nitrogens with zero attached hydrogens (tertiary/aromatic N) is 2. The summed E-state index contributed by atoms with van der Waals surface area (Å²) in [7, 11) is 0. The van der Waals surface area contributed by atoms with E-state index >= 15 is 0 Å². The van der Waals surface area contributed by atoms with Crippen LogP contribution in [0.3, 0.4) is 0 Å². The molecule has 1 fully saturated rings. The summed E-state index contributed by atoms with van der Waals surface area (Å²) >= 11 is 0. The Morgan fingerprint density at radius 1 is 1.45 bits per heavy atom. The van der Waals surface area contributed by atoms with Gasteiger partial charge in [-0.2, -0.15) is 4.39 Å². The second kappa shape index (κ2) is 5.52. The van der Waals surface area contributed by atoms with Crippen LogP contribution in [0.1, 0.15) is 30.1 Å². The molecule has 7 heteroatoms. The lowest BCUT2D eigenvalue weighted by Crippen LogP contribution is -2.40. The Hall–Kier alpha value is -2.05. The van der Waals surface area contributed by atoms with Gasteiger partial charge in [0.1, 0.15) is 11.4 Å². The molecule has 1 unspecified atom stereocenters. The second-order valence-electron chi connectivity index (χ2n) is 5.01. The van der Waals surface area contributed by atoms with Crippen LogP contribution in [0.25, 0.3) is 0 Å². The third-order valence-corrected chi connectivity index (χ3v) is 3.43. The number of carbonyl (C=O) groups is 1. The first-order chi connectivity index (χ1) is 9.41. The van der Waals surface area contributed by atoms with Gasteiger partial charge in [-0.3, -0.25) is 14.9 Å². The number of hydrogen-bond acceptors (Lipinski definition) is 3. The van der Waals surface area contributed by atoms with Gasteiger partial charge in [-0.05, 0) is 24.8 Å². The van der Waals surface area contributed by atoms with E-state index in [-0.39, 0.29) is 5.92 Å². The number of piperidine rings is 1. The molecule has 0 aliphatic carbocycles. The maximum Gasteiger partial charge on any atom is 0.305 e. The largest absolute Gasteiger partial charge is 0.338 e. The Morgan fingerprint density at radius 2 is 2.15 bits per heavy atom. The van der Waals surface area contributed by atoms with Gasteiger partial charge in [-0.25, -0.2) is 4.39 Å². The number of likely N-dealkylation sites (tertiary alicyclic amines) is 1. The molecule has 20 heavy (non-hydrogen) atoms. The van der Waals surface area contributed by atoms with Gasteiger partial charge in [0.2, 0.25) is 5.82 Å². The average molecular weight is 284 g/mol.